The van der Waals surface area contributed by atoms with Crippen LogP contribution in [0.5, 0.6) is 0 Å². The third-order valence-corrected chi connectivity index (χ3v) is 6.06. The lowest BCUT2D eigenvalue weighted by Crippen LogP contribution is -2.30. The Morgan fingerprint density at radius 2 is 1.50 bits per heavy atom. The first-order chi connectivity index (χ1) is 11.6. The minimum atomic E-state index is -0.603. The van der Waals surface area contributed by atoms with Crippen LogP contribution in [0.4, 0.5) is 0 Å². The third kappa shape index (κ3) is 3.01. The fourth-order valence-corrected chi connectivity index (χ4v) is 4.86. The summed E-state index contributed by atoms with van der Waals surface area (Å²) in [5, 5.41) is 11.1. The third-order valence-electron chi connectivity index (χ3n) is 6.06. The molecule has 2 aromatic carbocycles. The van der Waals surface area contributed by atoms with Crippen LogP contribution in [-0.4, -0.2) is 29.6 Å². The molecule has 0 amide bonds. The first kappa shape index (κ1) is 15.9. The standard InChI is InChI=1S/C22H27NO/c1-17(18-8-4-2-5-9-18)14-23-15-19-12-22(24,13-20(19)16-23)21-10-6-3-7-11-21/h2-11,17,19-20,24H,12-16H2,1H3/t17?,19-,20+,22?. The lowest BCUT2D eigenvalue weighted by Gasteiger charge is -2.27. The molecule has 1 aliphatic heterocycles. The van der Waals surface area contributed by atoms with E-state index >= 15 is 0 Å². The molecule has 4 atom stereocenters. The summed E-state index contributed by atoms with van der Waals surface area (Å²) in [6.45, 7) is 5.72. The van der Waals surface area contributed by atoms with Crippen LogP contribution in [0.1, 0.15) is 36.8 Å². The second-order valence-electron chi connectivity index (χ2n) is 7.86. The summed E-state index contributed by atoms with van der Waals surface area (Å²) in [5.41, 5.74) is 1.92. The van der Waals surface area contributed by atoms with Crippen LogP contribution in [-0.2, 0) is 5.60 Å². The zero-order chi connectivity index (χ0) is 16.6. The zero-order valence-corrected chi connectivity index (χ0v) is 14.4. The molecule has 1 heterocycles. The van der Waals surface area contributed by atoms with E-state index in [1.165, 1.54) is 5.56 Å². The van der Waals surface area contributed by atoms with Crippen molar-refractivity contribution in [2.75, 3.05) is 19.6 Å². The second-order valence-corrected chi connectivity index (χ2v) is 7.86. The van der Waals surface area contributed by atoms with E-state index in [0.717, 1.165) is 38.0 Å². The van der Waals surface area contributed by atoms with Gasteiger partial charge in [-0.2, -0.15) is 0 Å². The van der Waals surface area contributed by atoms with Gasteiger partial charge in [-0.3, -0.25) is 0 Å². The van der Waals surface area contributed by atoms with Crippen molar-refractivity contribution in [3.05, 3.63) is 71.8 Å². The number of nitrogens with zero attached hydrogens (tertiary/aromatic N) is 1. The van der Waals surface area contributed by atoms with Gasteiger partial charge in [-0.25, -0.2) is 0 Å². The van der Waals surface area contributed by atoms with E-state index in [0.29, 0.717) is 17.8 Å². The van der Waals surface area contributed by atoms with Gasteiger partial charge >= 0.3 is 0 Å². The summed E-state index contributed by atoms with van der Waals surface area (Å²) < 4.78 is 0. The van der Waals surface area contributed by atoms with Crippen LogP contribution in [0.3, 0.4) is 0 Å². The normalized spacial score (nSPS) is 31.1. The molecule has 0 spiro atoms. The Kier molecular flexibility index (Phi) is 4.19. The molecule has 1 aliphatic carbocycles. The Bertz CT molecular complexity index is 655. The van der Waals surface area contributed by atoms with Crippen LogP contribution >= 0.6 is 0 Å². The molecule has 126 valence electrons. The molecule has 1 saturated heterocycles. The van der Waals surface area contributed by atoms with Gasteiger partial charge in [-0.15, -0.1) is 0 Å². The van der Waals surface area contributed by atoms with Gasteiger partial charge in [0.15, 0.2) is 0 Å². The Morgan fingerprint density at radius 1 is 0.958 bits per heavy atom. The average molecular weight is 321 g/mol. The first-order valence-corrected chi connectivity index (χ1v) is 9.19. The number of likely N-dealkylation sites (tertiary alicyclic amines) is 1. The molecule has 2 fully saturated rings. The molecule has 1 N–H and O–H groups in total. The van der Waals surface area contributed by atoms with E-state index < -0.39 is 5.60 Å². The smallest absolute Gasteiger partial charge is 0.0903 e. The van der Waals surface area contributed by atoms with E-state index in [4.69, 9.17) is 0 Å². The van der Waals surface area contributed by atoms with Crippen molar-refractivity contribution in [1.29, 1.82) is 0 Å². The largest absolute Gasteiger partial charge is 0.385 e. The van der Waals surface area contributed by atoms with Gasteiger partial charge in [0.1, 0.15) is 0 Å². The van der Waals surface area contributed by atoms with Crippen molar-refractivity contribution in [3.8, 4) is 0 Å². The molecule has 2 heteroatoms. The van der Waals surface area contributed by atoms with Crippen molar-refractivity contribution < 1.29 is 5.11 Å². The average Bonchev–Trinajstić information content (AvgIpc) is 3.11. The SMILES string of the molecule is CC(CN1C[C@@H]2CC(O)(c3ccccc3)C[C@@H]2C1)c1ccccc1. The molecular formula is C22H27NO. The van der Waals surface area contributed by atoms with Gasteiger partial charge in [-0.05, 0) is 41.7 Å². The molecule has 2 aliphatic rings. The molecular weight excluding hydrogens is 294 g/mol. The highest BCUT2D eigenvalue weighted by Gasteiger charge is 2.48. The summed E-state index contributed by atoms with van der Waals surface area (Å²) in [5.74, 6) is 1.84. The van der Waals surface area contributed by atoms with E-state index in [-0.39, 0.29) is 0 Å². The molecule has 0 bridgehead atoms. The van der Waals surface area contributed by atoms with E-state index in [1.807, 2.05) is 18.2 Å². The van der Waals surface area contributed by atoms with Gasteiger partial charge in [0.25, 0.3) is 0 Å². The summed E-state index contributed by atoms with van der Waals surface area (Å²) in [6.07, 6.45) is 1.83. The number of hydrogen-bond donors (Lipinski definition) is 1. The number of fused-ring (bicyclic) bond motifs is 1. The summed E-state index contributed by atoms with van der Waals surface area (Å²) in [4.78, 5) is 2.61. The number of hydrogen-bond acceptors (Lipinski definition) is 2. The van der Waals surface area contributed by atoms with Gasteiger partial charge in [-0.1, -0.05) is 67.6 Å². The highest BCUT2D eigenvalue weighted by atomic mass is 16.3. The maximum absolute atomic E-state index is 11.1. The summed E-state index contributed by atoms with van der Waals surface area (Å²) in [7, 11) is 0. The van der Waals surface area contributed by atoms with Crippen molar-refractivity contribution in [2.24, 2.45) is 11.8 Å². The van der Waals surface area contributed by atoms with E-state index in [2.05, 4.69) is 54.3 Å². The lowest BCUT2D eigenvalue weighted by molar-refractivity contribution is 0.0312. The van der Waals surface area contributed by atoms with E-state index in [9.17, 15) is 5.11 Å². The van der Waals surface area contributed by atoms with Gasteiger partial charge in [0, 0.05) is 19.6 Å². The minimum absolute atomic E-state index is 0.568. The molecule has 24 heavy (non-hydrogen) atoms. The van der Waals surface area contributed by atoms with E-state index in [1.54, 1.807) is 0 Å². The highest BCUT2D eigenvalue weighted by Crippen LogP contribution is 2.49. The molecule has 0 radical (unpaired) electrons. The van der Waals surface area contributed by atoms with Crippen LogP contribution < -0.4 is 0 Å². The molecule has 2 nitrogen and oxygen atoms in total. The van der Waals surface area contributed by atoms with Crippen molar-refractivity contribution >= 4 is 0 Å². The Balaban J connectivity index is 1.38. The highest BCUT2D eigenvalue weighted by molar-refractivity contribution is 5.25. The zero-order valence-electron chi connectivity index (χ0n) is 14.4. The maximum atomic E-state index is 11.1. The van der Waals surface area contributed by atoms with Gasteiger partial charge in [0.05, 0.1) is 5.60 Å². The molecule has 2 unspecified atom stereocenters. The lowest BCUT2D eigenvalue weighted by atomic mass is 9.90. The maximum Gasteiger partial charge on any atom is 0.0903 e. The monoisotopic (exact) mass is 321 g/mol. The Labute approximate surface area is 145 Å². The van der Waals surface area contributed by atoms with Crippen molar-refractivity contribution in [2.45, 2.75) is 31.3 Å². The van der Waals surface area contributed by atoms with Crippen LogP contribution in [0, 0.1) is 11.8 Å². The summed E-state index contributed by atoms with van der Waals surface area (Å²) in [6, 6.07) is 21.1. The van der Waals surface area contributed by atoms with Crippen LogP contribution in [0.15, 0.2) is 60.7 Å². The van der Waals surface area contributed by atoms with Crippen LogP contribution in [0.2, 0.25) is 0 Å². The second kappa shape index (κ2) is 6.34. The summed E-state index contributed by atoms with van der Waals surface area (Å²) >= 11 is 0. The minimum Gasteiger partial charge on any atom is -0.385 e. The fraction of sp³-hybridized carbons (Fsp3) is 0.455. The topological polar surface area (TPSA) is 23.5 Å². The fourth-order valence-electron chi connectivity index (χ4n) is 4.86. The molecule has 4 rings (SSSR count). The number of rotatable bonds is 4. The number of aliphatic hydroxyl groups is 1. The Hall–Kier alpha value is -1.64. The first-order valence-electron chi connectivity index (χ1n) is 9.19. The molecule has 1 saturated carbocycles. The van der Waals surface area contributed by atoms with Gasteiger partial charge in [0.2, 0.25) is 0 Å². The molecule has 2 aromatic rings. The Morgan fingerprint density at radius 3 is 2.08 bits per heavy atom. The van der Waals surface area contributed by atoms with Crippen molar-refractivity contribution in [1.82, 2.24) is 4.90 Å². The van der Waals surface area contributed by atoms with Gasteiger partial charge < -0.3 is 10.0 Å². The predicted octanol–water partition coefficient (Wildman–Crippen LogP) is 4.02. The predicted molar refractivity (Wildman–Crippen MR) is 97.8 cm³/mol. The number of benzene rings is 2. The van der Waals surface area contributed by atoms with Crippen molar-refractivity contribution in [3.63, 3.8) is 0 Å². The van der Waals surface area contributed by atoms with Crippen LogP contribution in [0.25, 0.3) is 0 Å². The quantitative estimate of drug-likeness (QED) is 0.919. The molecule has 0 aromatic heterocycles.